The molecule has 1 amide bonds. The van der Waals surface area contributed by atoms with Gasteiger partial charge in [0, 0.05) is 31.9 Å². The van der Waals surface area contributed by atoms with Gasteiger partial charge < -0.3 is 15.5 Å². The van der Waals surface area contributed by atoms with E-state index in [1.807, 2.05) is 13.8 Å². The summed E-state index contributed by atoms with van der Waals surface area (Å²) < 4.78 is 38.0. The number of alkyl halides is 3. The maximum absolute atomic E-state index is 12.7. The molecule has 146 valence electrons. The third kappa shape index (κ3) is 4.26. The van der Waals surface area contributed by atoms with Crippen molar-refractivity contribution in [2.24, 2.45) is 0 Å². The second kappa shape index (κ2) is 7.25. The van der Waals surface area contributed by atoms with E-state index in [1.165, 1.54) is 0 Å². The number of carbonyl (C=O) groups excluding carboxylic acids is 1. The minimum absolute atomic E-state index is 0.0386. The molecule has 0 unspecified atom stereocenters. The first kappa shape index (κ1) is 19.3. The Labute approximate surface area is 157 Å². The molecule has 2 N–H and O–H groups in total. The zero-order valence-corrected chi connectivity index (χ0v) is 15.5. The zero-order chi connectivity index (χ0) is 19.8. The highest BCUT2D eigenvalue weighted by atomic mass is 32.1. The van der Waals surface area contributed by atoms with E-state index in [2.05, 4.69) is 20.2 Å². The van der Waals surface area contributed by atoms with Gasteiger partial charge in [0.2, 0.25) is 16.1 Å². The highest BCUT2D eigenvalue weighted by molar-refractivity contribution is 7.15. The Morgan fingerprint density at radius 3 is 2.41 bits per heavy atom. The molecule has 0 aliphatic carbocycles. The summed E-state index contributed by atoms with van der Waals surface area (Å²) in [5.41, 5.74) is 6.59. The van der Waals surface area contributed by atoms with Crippen molar-refractivity contribution in [2.75, 3.05) is 36.8 Å². The fourth-order valence-electron chi connectivity index (χ4n) is 2.61. The summed E-state index contributed by atoms with van der Waals surface area (Å²) in [4.78, 5) is 24.1. The monoisotopic (exact) mass is 401 g/mol. The molecule has 2 aromatic rings. The van der Waals surface area contributed by atoms with Crippen molar-refractivity contribution in [3.05, 3.63) is 22.5 Å². The molecule has 0 bridgehead atoms. The number of halogens is 3. The largest absolute Gasteiger partial charge is 0.445 e. The van der Waals surface area contributed by atoms with E-state index in [-0.39, 0.29) is 28.6 Å². The molecule has 0 saturated carbocycles. The van der Waals surface area contributed by atoms with E-state index in [0.717, 1.165) is 0 Å². The summed E-state index contributed by atoms with van der Waals surface area (Å²) in [6, 6.07) is 1.62. The van der Waals surface area contributed by atoms with Crippen molar-refractivity contribution in [1.29, 1.82) is 0 Å². The normalized spacial score (nSPS) is 15.5. The van der Waals surface area contributed by atoms with Crippen LogP contribution in [0.4, 0.5) is 24.3 Å². The Kier molecular flexibility index (Phi) is 5.18. The van der Waals surface area contributed by atoms with Crippen LogP contribution in [-0.4, -0.2) is 57.2 Å². The molecule has 0 spiro atoms. The molecule has 8 nitrogen and oxygen atoms in total. The molecule has 1 aliphatic rings. The van der Waals surface area contributed by atoms with Gasteiger partial charge in [-0.25, -0.2) is 9.97 Å². The van der Waals surface area contributed by atoms with Crippen molar-refractivity contribution in [2.45, 2.75) is 25.9 Å². The highest BCUT2D eigenvalue weighted by Gasteiger charge is 2.36. The van der Waals surface area contributed by atoms with Gasteiger partial charge in [0.05, 0.1) is 0 Å². The van der Waals surface area contributed by atoms with Crippen molar-refractivity contribution in [1.82, 2.24) is 25.1 Å². The molecule has 1 fully saturated rings. The Balaban J connectivity index is 1.67. The van der Waals surface area contributed by atoms with Crippen molar-refractivity contribution >= 4 is 28.3 Å². The van der Waals surface area contributed by atoms with Crippen LogP contribution in [0.3, 0.4) is 0 Å². The van der Waals surface area contributed by atoms with E-state index >= 15 is 0 Å². The van der Waals surface area contributed by atoms with Crippen LogP contribution in [0, 0.1) is 0 Å². The predicted molar refractivity (Wildman–Crippen MR) is 93.6 cm³/mol. The van der Waals surface area contributed by atoms with Gasteiger partial charge in [0.1, 0.15) is 5.69 Å². The average Bonchev–Trinajstić information content (AvgIpc) is 3.11. The lowest BCUT2D eigenvalue weighted by atomic mass is 10.1. The van der Waals surface area contributed by atoms with Crippen LogP contribution in [0.25, 0.3) is 0 Å². The number of anilines is 2. The molecule has 3 heterocycles. The van der Waals surface area contributed by atoms with E-state index in [9.17, 15) is 18.0 Å². The number of rotatable bonds is 3. The third-order valence-corrected chi connectivity index (χ3v) is 5.10. The zero-order valence-electron chi connectivity index (χ0n) is 14.7. The molecule has 1 aliphatic heterocycles. The number of piperazine rings is 1. The second-order valence-corrected chi connectivity index (χ2v) is 7.31. The number of nitrogens with two attached hydrogens (primary N) is 1. The Morgan fingerprint density at radius 2 is 1.85 bits per heavy atom. The number of carbonyl (C=O) groups is 1. The maximum Gasteiger partial charge on any atom is 0.445 e. The molecule has 0 radical (unpaired) electrons. The van der Waals surface area contributed by atoms with Gasteiger partial charge in [0.15, 0.2) is 0 Å². The molecule has 12 heteroatoms. The van der Waals surface area contributed by atoms with Crippen molar-refractivity contribution in [3.8, 4) is 0 Å². The average molecular weight is 401 g/mol. The fourth-order valence-corrected chi connectivity index (χ4v) is 3.37. The number of nitrogens with zero attached hydrogens (tertiary/aromatic N) is 6. The number of nitrogen functional groups attached to an aromatic ring is 1. The van der Waals surface area contributed by atoms with Gasteiger partial charge in [-0.2, -0.15) is 13.2 Å². The first-order valence-corrected chi connectivity index (χ1v) is 9.06. The summed E-state index contributed by atoms with van der Waals surface area (Å²) in [5.74, 6) is -0.144. The molecule has 0 atom stereocenters. The number of amides is 1. The lowest BCUT2D eigenvalue weighted by Crippen LogP contribution is -2.49. The quantitative estimate of drug-likeness (QED) is 0.840. The Morgan fingerprint density at radius 1 is 1.19 bits per heavy atom. The number of hydrogen-bond donors (Lipinski definition) is 1. The standard InChI is InChI=1S/C15H18F3N7OS/c1-8(2)9-7-10(21-13(19)20-9)11(26)24-3-5-25(6-4-24)14-23-22-12(27-14)15(16,17)18/h7-8H,3-6H2,1-2H3,(H2,19,20,21). The summed E-state index contributed by atoms with van der Waals surface area (Å²) in [7, 11) is 0. The summed E-state index contributed by atoms with van der Waals surface area (Å²) >= 11 is 0.498. The maximum atomic E-state index is 12.7. The van der Waals surface area contributed by atoms with Crippen LogP contribution >= 0.6 is 11.3 Å². The smallest absolute Gasteiger partial charge is 0.368 e. The van der Waals surface area contributed by atoms with Gasteiger partial charge in [-0.05, 0) is 12.0 Å². The van der Waals surface area contributed by atoms with Gasteiger partial charge in [0.25, 0.3) is 5.91 Å². The second-order valence-electron chi connectivity index (χ2n) is 6.36. The van der Waals surface area contributed by atoms with Crippen molar-refractivity contribution in [3.63, 3.8) is 0 Å². The first-order valence-electron chi connectivity index (χ1n) is 8.24. The van der Waals surface area contributed by atoms with E-state index in [4.69, 9.17) is 5.73 Å². The van der Waals surface area contributed by atoms with Gasteiger partial charge in [-0.1, -0.05) is 25.2 Å². The minimum atomic E-state index is -4.51. The Hall–Kier alpha value is -2.50. The lowest BCUT2D eigenvalue weighted by molar-refractivity contribution is -0.138. The molecule has 0 aromatic carbocycles. The molecular formula is C15H18F3N7OS. The van der Waals surface area contributed by atoms with Crippen LogP contribution < -0.4 is 10.6 Å². The summed E-state index contributed by atoms with van der Waals surface area (Å²) in [6.07, 6.45) is -4.51. The SMILES string of the molecule is CC(C)c1cc(C(=O)N2CCN(c3nnc(C(F)(F)F)s3)CC2)nc(N)n1. The molecule has 27 heavy (non-hydrogen) atoms. The van der Waals surface area contributed by atoms with Gasteiger partial charge in [-0.15, -0.1) is 10.2 Å². The van der Waals surface area contributed by atoms with E-state index in [1.54, 1.807) is 15.9 Å². The van der Waals surface area contributed by atoms with Crippen molar-refractivity contribution < 1.29 is 18.0 Å². The fraction of sp³-hybridized carbons (Fsp3) is 0.533. The van der Waals surface area contributed by atoms with Crippen LogP contribution in [0.5, 0.6) is 0 Å². The molecule has 3 rings (SSSR count). The van der Waals surface area contributed by atoms with E-state index in [0.29, 0.717) is 43.2 Å². The summed E-state index contributed by atoms with van der Waals surface area (Å²) in [5, 5.41) is 6.02. The van der Waals surface area contributed by atoms with Crippen LogP contribution in [-0.2, 0) is 6.18 Å². The highest BCUT2D eigenvalue weighted by Crippen LogP contribution is 2.34. The van der Waals surface area contributed by atoms with Crippen LogP contribution in [0.2, 0.25) is 0 Å². The van der Waals surface area contributed by atoms with E-state index < -0.39 is 11.2 Å². The lowest BCUT2D eigenvalue weighted by Gasteiger charge is -2.34. The Bertz CT molecular complexity index is 831. The molecule has 2 aromatic heterocycles. The van der Waals surface area contributed by atoms with Gasteiger partial charge >= 0.3 is 6.18 Å². The number of aromatic nitrogens is 4. The third-order valence-electron chi connectivity index (χ3n) is 4.07. The number of hydrogen-bond acceptors (Lipinski definition) is 8. The predicted octanol–water partition coefficient (Wildman–Crippen LogP) is 2.01. The minimum Gasteiger partial charge on any atom is -0.368 e. The molecule has 1 saturated heterocycles. The summed E-state index contributed by atoms with van der Waals surface area (Å²) in [6.45, 7) is 5.26. The topological polar surface area (TPSA) is 101 Å². The first-order chi connectivity index (χ1) is 12.6. The molecular weight excluding hydrogens is 383 g/mol. The van der Waals surface area contributed by atoms with Gasteiger partial charge in [-0.3, -0.25) is 4.79 Å². The van der Waals surface area contributed by atoms with Crippen LogP contribution in [0.1, 0.15) is 41.0 Å². The van der Waals surface area contributed by atoms with Crippen LogP contribution in [0.15, 0.2) is 6.07 Å².